The van der Waals surface area contributed by atoms with Crippen molar-refractivity contribution in [1.82, 2.24) is 0 Å². The molecule has 0 saturated carbocycles. The number of hydrogen-bond acceptors (Lipinski definition) is 3. The van der Waals surface area contributed by atoms with Gasteiger partial charge in [-0.15, -0.1) is 0 Å². The van der Waals surface area contributed by atoms with Crippen LogP contribution in [-0.4, -0.2) is 37.2 Å². The minimum absolute atomic E-state index is 0.0544. The maximum atomic E-state index is 12.1. The first kappa shape index (κ1) is 22.8. The van der Waals surface area contributed by atoms with Gasteiger partial charge in [0.2, 0.25) is 0 Å². The van der Waals surface area contributed by atoms with Crippen molar-refractivity contribution in [2.24, 2.45) is 0 Å². The summed E-state index contributed by atoms with van der Waals surface area (Å²) in [5.74, 6) is -0.911. The number of carboxylic acids is 1. The SMILES string of the molecule is CC(C)(C)OC(=O)[As]C(CC(=O)O)Cc1ccc(-c2cc(Cl)ccc2Cl)cc1. The van der Waals surface area contributed by atoms with Crippen LogP contribution in [0.4, 0.5) is 4.79 Å². The topological polar surface area (TPSA) is 63.6 Å². The van der Waals surface area contributed by atoms with E-state index in [1.807, 2.05) is 24.3 Å². The fourth-order valence-corrected chi connectivity index (χ4v) is 5.48. The number of hydrogen-bond donors (Lipinski definition) is 1. The number of rotatable bonds is 7. The zero-order valence-corrected chi connectivity index (χ0v) is 19.3. The van der Waals surface area contributed by atoms with Crippen molar-refractivity contribution >= 4 is 49.7 Å². The molecule has 0 aromatic heterocycles. The summed E-state index contributed by atoms with van der Waals surface area (Å²) in [5, 5.41) is 10.4. The molecular weight excluding hydrogens is 462 g/mol. The van der Waals surface area contributed by atoms with Gasteiger partial charge in [0.15, 0.2) is 0 Å². The molecule has 2 aromatic rings. The fourth-order valence-electron chi connectivity index (χ4n) is 2.61. The van der Waals surface area contributed by atoms with Crippen LogP contribution < -0.4 is 0 Å². The van der Waals surface area contributed by atoms with E-state index in [4.69, 9.17) is 27.9 Å². The number of aliphatic carboxylic acids is 1. The first-order chi connectivity index (χ1) is 13.0. The Morgan fingerprint density at radius 2 is 1.75 bits per heavy atom. The summed E-state index contributed by atoms with van der Waals surface area (Å²) in [6.45, 7) is 5.41. The van der Waals surface area contributed by atoms with Crippen LogP contribution in [-0.2, 0) is 16.0 Å². The molecule has 2 aromatic carbocycles. The second-order valence-electron chi connectivity index (χ2n) is 7.39. The van der Waals surface area contributed by atoms with Crippen LogP contribution in [0.15, 0.2) is 42.5 Å². The summed E-state index contributed by atoms with van der Waals surface area (Å²) in [7, 11) is 0. The molecular formula is C21H22AsCl2O4. The van der Waals surface area contributed by atoms with Crippen molar-refractivity contribution in [3.05, 3.63) is 58.1 Å². The summed E-state index contributed by atoms with van der Waals surface area (Å²) in [6, 6.07) is 13.0. The molecule has 1 atom stereocenters. The van der Waals surface area contributed by atoms with Crippen molar-refractivity contribution in [3.8, 4) is 11.1 Å². The molecule has 1 unspecified atom stereocenters. The molecule has 0 aliphatic carbocycles. The van der Waals surface area contributed by atoms with Crippen LogP contribution in [0.1, 0.15) is 32.8 Å². The maximum absolute atomic E-state index is 12.1. The van der Waals surface area contributed by atoms with E-state index < -0.39 is 27.3 Å². The Kier molecular flexibility index (Phi) is 8.00. The van der Waals surface area contributed by atoms with E-state index in [1.54, 1.807) is 39.0 Å². The minimum atomic E-state index is -0.911. The van der Waals surface area contributed by atoms with Crippen molar-refractivity contribution in [2.45, 2.75) is 43.9 Å². The summed E-state index contributed by atoms with van der Waals surface area (Å²) in [6.07, 6.45) is 0.455. The van der Waals surface area contributed by atoms with Gasteiger partial charge < -0.3 is 0 Å². The molecule has 0 spiro atoms. The molecule has 0 fully saturated rings. The predicted octanol–water partition coefficient (Wildman–Crippen LogP) is 6.11. The van der Waals surface area contributed by atoms with Gasteiger partial charge in [-0.05, 0) is 0 Å². The Labute approximate surface area is 181 Å². The quantitative estimate of drug-likeness (QED) is 0.483. The first-order valence-electron chi connectivity index (χ1n) is 8.73. The first-order valence-corrected chi connectivity index (χ1v) is 11.5. The van der Waals surface area contributed by atoms with E-state index in [9.17, 15) is 14.7 Å². The van der Waals surface area contributed by atoms with Gasteiger partial charge in [-0.25, -0.2) is 0 Å². The molecule has 2 rings (SSSR count). The second kappa shape index (κ2) is 9.82. The van der Waals surface area contributed by atoms with E-state index in [-0.39, 0.29) is 15.9 Å². The standard InChI is InChI=1S/C21H22AsCl2O4/c1-21(2,3)28-20(27)22-15(11-19(25)26)10-13-4-6-14(7-5-13)17-12-16(23)8-9-18(17)24/h4-9,12,15H,10-11H2,1-3H3,(H,25,26). The molecule has 149 valence electrons. The number of carbonyl (C=O) groups is 2. The normalized spacial score (nSPS) is 12.9. The average Bonchev–Trinajstić information content (AvgIpc) is 2.55. The van der Waals surface area contributed by atoms with Crippen LogP contribution in [0.2, 0.25) is 14.8 Å². The molecule has 28 heavy (non-hydrogen) atoms. The van der Waals surface area contributed by atoms with Crippen LogP contribution >= 0.6 is 23.2 Å². The summed E-state index contributed by atoms with van der Waals surface area (Å²) < 4.78 is 4.83. The Morgan fingerprint density at radius 3 is 2.32 bits per heavy atom. The van der Waals surface area contributed by atoms with Crippen LogP contribution in [0.5, 0.6) is 0 Å². The Morgan fingerprint density at radius 1 is 1.11 bits per heavy atom. The summed E-state index contributed by atoms with van der Waals surface area (Å²) in [5.41, 5.74) is 2.15. The molecule has 0 amide bonds. The van der Waals surface area contributed by atoms with E-state index in [1.165, 1.54) is 0 Å². The van der Waals surface area contributed by atoms with Crippen LogP contribution in [0.25, 0.3) is 11.1 Å². The zero-order chi connectivity index (χ0) is 20.9. The predicted molar refractivity (Wildman–Crippen MR) is 114 cm³/mol. The number of carboxylic acid groups (broad SMARTS) is 1. The molecule has 4 nitrogen and oxygen atoms in total. The Balaban J connectivity index is 2.12. The monoisotopic (exact) mass is 483 g/mol. The van der Waals surface area contributed by atoms with Crippen LogP contribution in [0, 0.1) is 0 Å². The summed E-state index contributed by atoms with van der Waals surface area (Å²) >= 11 is 11.4. The number of ether oxygens (including phenoxy) is 1. The fraction of sp³-hybridized carbons (Fsp3) is 0.333. The summed E-state index contributed by atoms with van der Waals surface area (Å²) in [4.78, 5) is 23.4. The molecule has 1 N–H and O–H groups in total. The van der Waals surface area contributed by atoms with Gasteiger partial charge >= 0.3 is 182 Å². The van der Waals surface area contributed by atoms with Gasteiger partial charge in [0, 0.05) is 0 Å². The van der Waals surface area contributed by atoms with Crippen molar-refractivity contribution in [1.29, 1.82) is 0 Å². The molecule has 0 aliphatic rings. The Hall–Kier alpha value is -1.48. The van der Waals surface area contributed by atoms with Crippen molar-refractivity contribution in [3.63, 3.8) is 0 Å². The van der Waals surface area contributed by atoms with Gasteiger partial charge in [0.25, 0.3) is 0 Å². The second-order valence-corrected chi connectivity index (χ2v) is 11.1. The molecule has 0 aliphatic heterocycles. The van der Waals surface area contributed by atoms with Gasteiger partial charge in [-0.1, -0.05) is 0 Å². The van der Waals surface area contributed by atoms with Gasteiger partial charge in [0.05, 0.1) is 0 Å². The molecule has 7 heteroatoms. The Bertz CT molecular complexity index is 844. The van der Waals surface area contributed by atoms with Crippen molar-refractivity contribution < 1.29 is 19.4 Å². The third kappa shape index (κ3) is 7.50. The molecule has 0 saturated heterocycles. The van der Waals surface area contributed by atoms with Gasteiger partial charge in [-0.2, -0.15) is 0 Å². The van der Waals surface area contributed by atoms with Crippen molar-refractivity contribution in [2.75, 3.05) is 0 Å². The van der Waals surface area contributed by atoms with Gasteiger partial charge in [-0.3, -0.25) is 0 Å². The van der Waals surface area contributed by atoms with Crippen LogP contribution in [0.3, 0.4) is 0 Å². The molecule has 0 bridgehead atoms. The number of carbonyl (C=O) groups excluding carboxylic acids is 1. The molecule has 1 radical (unpaired) electrons. The molecule has 0 heterocycles. The van der Waals surface area contributed by atoms with E-state index >= 15 is 0 Å². The third-order valence-electron chi connectivity index (χ3n) is 3.76. The third-order valence-corrected chi connectivity index (χ3v) is 6.49. The average molecular weight is 484 g/mol. The van der Waals surface area contributed by atoms with E-state index in [0.29, 0.717) is 16.5 Å². The number of halogens is 2. The number of benzene rings is 2. The van der Waals surface area contributed by atoms with E-state index in [0.717, 1.165) is 16.7 Å². The van der Waals surface area contributed by atoms with Gasteiger partial charge in [0.1, 0.15) is 0 Å². The van der Waals surface area contributed by atoms with E-state index in [2.05, 4.69) is 0 Å². The zero-order valence-electron chi connectivity index (χ0n) is 15.9.